The highest BCUT2D eigenvalue weighted by Crippen LogP contribution is 2.18. The summed E-state index contributed by atoms with van der Waals surface area (Å²) < 4.78 is 2.62. The molecule has 0 aliphatic rings. The third-order valence-electron chi connectivity index (χ3n) is 3.18. The van der Waals surface area contributed by atoms with Crippen LogP contribution in [0.1, 0.15) is 15.9 Å². The van der Waals surface area contributed by atoms with Crippen molar-refractivity contribution in [2.24, 2.45) is 0 Å². The molecular weight excluding hydrogens is 344 g/mol. The van der Waals surface area contributed by atoms with Crippen molar-refractivity contribution in [3.05, 3.63) is 70.6 Å². The lowest BCUT2D eigenvalue weighted by molar-refractivity contribution is 0.102. The van der Waals surface area contributed by atoms with Gasteiger partial charge in [0.2, 0.25) is 0 Å². The summed E-state index contributed by atoms with van der Waals surface area (Å²) in [5.41, 5.74) is 2.37. The monoisotopic (exact) mass is 356 g/mol. The van der Waals surface area contributed by atoms with Gasteiger partial charge in [-0.15, -0.1) is 0 Å². The van der Waals surface area contributed by atoms with Crippen LogP contribution in [0.4, 0.5) is 5.82 Å². The number of hydrogen-bond donors (Lipinski definition) is 1. The van der Waals surface area contributed by atoms with Gasteiger partial charge in [-0.25, -0.2) is 9.67 Å². The highest BCUT2D eigenvalue weighted by molar-refractivity contribution is 9.10. The molecule has 1 N–H and O–H groups in total. The van der Waals surface area contributed by atoms with Crippen molar-refractivity contribution in [3.63, 3.8) is 0 Å². The van der Waals surface area contributed by atoms with E-state index in [1.54, 1.807) is 29.2 Å². The van der Waals surface area contributed by atoms with E-state index in [0.29, 0.717) is 11.4 Å². The molecule has 1 aromatic carbocycles. The third-order valence-corrected chi connectivity index (χ3v) is 3.61. The number of aryl methyl sites for hydroxylation is 1. The van der Waals surface area contributed by atoms with Gasteiger partial charge in [-0.05, 0) is 64.8 Å². The first-order chi connectivity index (χ1) is 10.6. The molecule has 1 amide bonds. The van der Waals surface area contributed by atoms with E-state index in [4.69, 9.17) is 0 Å². The van der Waals surface area contributed by atoms with Crippen molar-refractivity contribution in [2.75, 3.05) is 5.32 Å². The first kappa shape index (κ1) is 14.5. The fraction of sp³-hybridized carbons (Fsp3) is 0.0625. The summed E-state index contributed by atoms with van der Waals surface area (Å²) in [6.45, 7) is 1.90. The highest BCUT2D eigenvalue weighted by Gasteiger charge is 2.09. The normalized spacial score (nSPS) is 10.5. The Morgan fingerprint density at radius 2 is 2.05 bits per heavy atom. The molecular formula is C16H13BrN4O. The second-order valence-corrected chi connectivity index (χ2v) is 5.69. The summed E-state index contributed by atoms with van der Waals surface area (Å²) in [6.07, 6.45) is 5.22. The molecule has 2 aromatic heterocycles. The minimum Gasteiger partial charge on any atom is -0.306 e. The summed E-state index contributed by atoms with van der Waals surface area (Å²) in [6, 6.07) is 11.0. The molecule has 0 atom stereocenters. The molecule has 22 heavy (non-hydrogen) atoms. The van der Waals surface area contributed by atoms with Crippen LogP contribution in [-0.2, 0) is 0 Å². The number of nitrogens with zero attached hydrogens (tertiary/aromatic N) is 3. The summed E-state index contributed by atoms with van der Waals surface area (Å²) in [4.78, 5) is 16.5. The Bertz CT molecular complexity index is 798. The van der Waals surface area contributed by atoms with E-state index in [1.165, 1.54) is 0 Å². The van der Waals surface area contributed by atoms with E-state index in [2.05, 4.69) is 31.3 Å². The first-order valence-electron chi connectivity index (χ1n) is 6.67. The van der Waals surface area contributed by atoms with Crippen LogP contribution in [0.2, 0.25) is 0 Å². The van der Waals surface area contributed by atoms with Crippen LogP contribution in [0.3, 0.4) is 0 Å². The van der Waals surface area contributed by atoms with E-state index in [-0.39, 0.29) is 5.91 Å². The molecule has 5 nitrogen and oxygen atoms in total. The topological polar surface area (TPSA) is 59.8 Å². The van der Waals surface area contributed by atoms with Gasteiger partial charge < -0.3 is 5.32 Å². The van der Waals surface area contributed by atoms with E-state index in [0.717, 1.165) is 15.7 Å². The first-order valence-corrected chi connectivity index (χ1v) is 7.46. The maximum Gasteiger partial charge on any atom is 0.256 e. The van der Waals surface area contributed by atoms with Crippen LogP contribution >= 0.6 is 15.9 Å². The fourth-order valence-corrected chi connectivity index (χ4v) is 2.48. The largest absolute Gasteiger partial charge is 0.306 e. The smallest absolute Gasteiger partial charge is 0.256 e. The summed E-state index contributed by atoms with van der Waals surface area (Å²) in [7, 11) is 0. The number of halogens is 1. The zero-order chi connectivity index (χ0) is 15.5. The Morgan fingerprint density at radius 1 is 1.27 bits per heavy atom. The van der Waals surface area contributed by atoms with E-state index in [9.17, 15) is 4.79 Å². The number of benzene rings is 1. The van der Waals surface area contributed by atoms with Gasteiger partial charge in [0.25, 0.3) is 5.91 Å². The molecule has 0 aliphatic heterocycles. The molecule has 0 saturated heterocycles. The molecule has 6 heteroatoms. The third kappa shape index (κ3) is 3.07. The maximum absolute atomic E-state index is 12.3. The second kappa shape index (κ2) is 6.11. The van der Waals surface area contributed by atoms with Crippen LogP contribution in [0.15, 0.2) is 59.5 Å². The van der Waals surface area contributed by atoms with Crippen LogP contribution in [-0.4, -0.2) is 20.7 Å². The van der Waals surface area contributed by atoms with Crippen molar-refractivity contribution >= 4 is 27.7 Å². The van der Waals surface area contributed by atoms with Crippen LogP contribution in [0.25, 0.3) is 5.69 Å². The number of amides is 1. The van der Waals surface area contributed by atoms with Crippen LogP contribution in [0.5, 0.6) is 0 Å². The fourth-order valence-electron chi connectivity index (χ4n) is 2.04. The molecule has 0 bridgehead atoms. The summed E-state index contributed by atoms with van der Waals surface area (Å²) in [5.74, 6) is 0.370. The Morgan fingerprint density at radius 3 is 2.68 bits per heavy atom. The quantitative estimate of drug-likeness (QED) is 0.779. The lowest BCUT2D eigenvalue weighted by atomic mass is 10.2. The minimum absolute atomic E-state index is 0.190. The van der Waals surface area contributed by atoms with Gasteiger partial charge in [0, 0.05) is 28.6 Å². The Labute approximate surface area is 136 Å². The van der Waals surface area contributed by atoms with E-state index >= 15 is 0 Å². The molecule has 0 fully saturated rings. The van der Waals surface area contributed by atoms with Crippen molar-refractivity contribution in [1.82, 2.24) is 14.8 Å². The predicted octanol–water partition coefficient (Wildman–Crippen LogP) is 3.59. The van der Waals surface area contributed by atoms with Crippen LogP contribution in [0, 0.1) is 6.92 Å². The molecule has 2 heterocycles. The van der Waals surface area contributed by atoms with Gasteiger partial charge in [-0.1, -0.05) is 0 Å². The Hall–Kier alpha value is -2.47. The second-order valence-electron chi connectivity index (χ2n) is 4.77. The van der Waals surface area contributed by atoms with Gasteiger partial charge in [0.15, 0.2) is 0 Å². The number of rotatable bonds is 3. The van der Waals surface area contributed by atoms with Crippen molar-refractivity contribution in [3.8, 4) is 5.69 Å². The molecule has 3 rings (SSSR count). The van der Waals surface area contributed by atoms with Crippen molar-refractivity contribution < 1.29 is 4.79 Å². The molecule has 0 saturated carbocycles. The standard InChI is InChI=1S/C16H13BrN4O/c1-11-9-13(17)10-18-15(11)20-16(22)12-3-5-14(6-4-12)21-8-2-7-19-21/h2-10H,1H3,(H,18,20,22). The average molecular weight is 357 g/mol. The van der Waals surface area contributed by atoms with Gasteiger partial charge >= 0.3 is 0 Å². The zero-order valence-corrected chi connectivity index (χ0v) is 13.4. The van der Waals surface area contributed by atoms with Gasteiger partial charge in [0.1, 0.15) is 5.82 Å². The summed E-state index contributed by atoms with van der Waals surface area (Å²) in [5, 5.41) is 6.96. The molecule has 0 radical (unpaired) electrons. The predicted molar refractivity (Wildman–Crippen MR) is 88.2 cm³/mol. The number of aromatic nitrogens is 3. The van der Waals surface area contributed by atoms with Crippen LogP contribution < -0.4 is 5.32 Å². The SMILES string of the molecule is Cc1cc(Br)cnc1NC(=O)c1ccc(-n2cccn2)cc1. The molecule has 0 aliphatic carbocycles. The lowest BCUT2D eigenvalue weighted by Crippen LogP contribution is -2.14. The average Bonchev–Trinajstić information content (AvgIpc) is 3.04. The maximum atomic E-state index is 12.3. The van der Waals surface area contributed by atoms with Crippen molar-refractivity contribution in [2.45, 2.75) is 6.92 Å². The van der Waals surface area contributed by atoms with Gasteiger partial charge in [-0.3, -0.25) is 4.79 Å². The van der Waals surface area contributed by atoms with Gasteiger partial charge in [-0.2, -0.15) is 5.10 Å². The van der Waals surface area contributed by atoms with Gasteiger partial charge in [0.05, 0.1) is 5.69 Å². The molecule has 3 aromatic rings. The lowest BCUT2D eigenvalue weighted by Gasteiger charge is -2.08. The number of hydrogen-bond acceptors (Lipinski definition) is 3. The number of carbonyl (C=O) groups is 1. The number of pyridine rings is 1. The molecule has 110 valence electrons. The van der Waals surface area contributed by atoms with Crippen molar-refractivity contribution in [1.29, 1.82) is 0 Å². The van der Waals surface area contributed by atoms with E-state index < -0.39 is 0 Å². The molecule has 0 unspecified atom stereocenters. The zero-order valence-electron chi connectivity index (χ0n) is 11.8. The highest BCUT2D eigenvalue weighted by atomic mass is 79.9. The van der Waals surface area contributed by atoms with E-state index in [1.807, 2.05) is 37.4 Å². The minimum atomic E-state index is -0.190. The summed E-state index contributed by atoms with van der Waals surface area (Å²) >= 11 is 3.35. The Kier molecular flexibility index (Phi) is 4.02. The number of carbonyl (C=O) groups excluding carboxylic acids is 1. The number of anilines is 1. The number of nitrogens with one attached hydrogen (secondary N) is 1. The Balaban J connectivity index is 1.77. The molecule has 0 spiro atoms.